The Morgan fingerprint density at radius 3 is 2.53 bits per heavy atom. The number of ether oxygens (including phenoxy) is 1. The van der Waals surface area contributed by atoms with Gasteiger partial charge in [0.25, 0.3) is 11.6 Å². The van der Waals surface area contributed by atoms with Gasteiger partial charge < -0.3 is 9.15 Å². The molecule has 2 aromatic rings. The third-order valence-electron chi connectivity index (χ3n) is 2.39. The van der Waals surface area contributed by atoms with Crippen LogP contribution >= 0.6 is 0 Å². The van der Waals surface area contributed by atoms with E-state index >= 15 is 0 Å². The average Bonchev–Trinajstić information content (AvgIpc) is 2.86. The molecule has 100 valence electrons. The van der Waals surface area contributed by atoms with Gasteiger partial charge in [0.1, 0.15) is 5.75 Å². The molecule has 0 aliphatic carbocycles. The van der Waals surface area contributed by atoms with Crippen LogP contribution in [-0.2, 0) is 6.61 Å². The Morgan fingerprint density at radius 1 is 1.32 bits per heavy atom. The summed E-state index contributed by atoms with van der Waals surface area (Å²) in [6.07, 6.45) is 0. The van der Waals surface area contributed by atoms with Crippen molar-refractivity contribution in [2.24, 2.45) is 0 Å². The molecule has 1 aromatic heterocycles. The van der Waals surface area contributed by atoms with Gasteiger partial charge >= 0.3 is 0 Å². The molecule has 0 unspecified atom stereocenters. The smallest absolute Gasteiger partial charge is 0.269 e. The summed E-state index contributed by atoms with van der Waals surface area (Å²) in [5.74, 6) is 1.61. The first-order chi connectivity index (χ1) is 9.06. The third kappa shape index (κ3) is 3.27. The van der Waals surface area contributed by atoms with Gasteiger partial charge in [0.15, 0.2) is 6.61 Å². The number of nitro benzene ring substituents is 1. The van der Waals surface area contributed by atoms with Gasteiger partial charge in [0.05, 0.1) is 4.92 Å². The molecule has 2 rings (SSSR count). The van der Waals surface area contributed by atoms with Gasteiger partial charge in [-0.25, -0.2) is 0 Å². The van der Waals surface area contributed by atoms with Crippen LogP contribution < -0.4 is 4.74 Å². The van der Waals surface area contributed by atoms with Crippen LogP contribution in [0.5, 0.6) is 5.75 Å². The van der Waals surface area contributed by atoms with Crippen molar-refractivity contribution in [1.82, 2.24) is 10.2 Å². The topological polar surface area (TPSA) is 91.3 Å². The maximum Gasteiger partial charge on any atom is 0.269 e. The van der Waals surface area contributed by atoms with Crippen LogP contribution in [0, 0.1) is 10.1 Å². The molecule has 0 radical (unpaired) electrons. The van der Waals surface area contributed by atoms with Gasteiger partial charge in [0.2, 0.25) is 5.89 Å². The second-order valence-corrected chi connectivity index (χ2v) is 4.23. The van der Waals surface area contributed by atoms with Crippen LogP contribution in [0.15, 0.2) is 28.7 Å². The minimum atomic E-state index is -0.462. The first-order valence-electron chi connectivity index (χ1n) is 5.76. The quantitative estimate of drug-likeness (QED) is 0.608. The lowest BCUT2D eigenvalue weighted by Gasteiger charge is -2.02. The Bertz CT molecular complexity index is 563. The largest absolute Gasteiger partial charge is 0.484 e. The minimum Gasteiger partial charge on any atom is -0.484 e. The molecular weight excluding hydrogens is 250 g/mol. The summed E-state index contributed by atoms with van der Waals surface area (Å²) < 4.78 is 10.8. The summed E-state index contributed by atoms with van der Waals surface area (Å²) in [5.41, 5.74) is 0.0206. The van der Waals surface area contributed by atoms with Crippen LogP contribution in [0.2, 0.25) is 0 Å². The zero-order valence-electron chi connectivity index (χ0n) is 10.6. The van der Waals surface area contributed by atoms with Gasteiger partial charge in [-0.1, -0.05) is 13.8 Å². The lowest BCUT2D eigenvalue weighted by atomic mass is 10.2. The maximum absolute atomic E-state index is 10.5. The fraction of sp³-hybridized carbons (Fsp3) is 0.333. The SMILES string of the molecule is CC(C)c1nnc(COc2ccc([N+](=O)[O-])cc2)o1. The molecular formula is C12H13N3O4. The summed E-state index contributed by atoms with van der Waals surface area (Å²) in [6, 6.07) is 5.81. The fourth-order valence-electron chi connectivity index (χ4n) is 1.37. The van der Waals surface area contributed by atoms with E-state index in [1.807, 2.05) is 13.8 Å². The summed E-state index contributed by atoms with van der Waals surface area (Å²) in [5, 5.41) is 18.2. The minimum absolute atomic E-state index is 0.0206. The molecule has 0 N–H and O–H groups in total. The van der Waals surface area contributed by atoms with Crippen molar-refractivity contribution in [3.05, 3.63) is 46.2 Å². The van der Waals surface area contributed by atoms with E-state index in [0.717, 1.165) is 0 Å². The van der Waals surface area contributed by atoms with Crippen molar-refractivity contribution in [1.29, 1.82) is 0 Å². The normalized spacial score (nSPS) is 10.7. The molecule has 0 saturated heterocycles. The number of aromatic nitrogens is 2. The van der Waals surface area contributed by atoms with E-state index in [-0.39, 0.29) is 18.2 Å². The van der Waals surface area contributed by atoms with Gasteiger partial charge in [0, 0.05) is 18.1 Å². The molecule has 0 amide bonds. The van der Waals surface area contributed by atoms with E-state index in [2.05, 4.69) is 10.2 Å². The molecule has 0 aliphatic heterocycles. The van der Waals surface area contributed by atoms with Crippen molar-refractivity contribution in [3.63, 3.8) is 0 Å². The number of hydrogen-bond donors (Lipinski definition) is 0. The highest BCUT2D eigenvalue weighted by atomic mass is 16.6. The van der Waals surface area contributed by atoms with Crippen molar-refractivity contribution in [2.45, 2.75) is 26.4 Å². The predicted molar refractivity (Wildman–Crippen MR) is 65.8 cm³/mol. The van der Waals surface area contributed by atoms with Crippen molar-refractivity contribution < 1.29 is 14.1 Å². The highest BCUT2D eigenvalue weighted by molar-refractivity contribution is 5.35. The first-order valence-corrected chi connectivity index (χ1v) is 5.76. The number of nitrogens with zero attached hydrogens (tertiary/aromatic N) is 3. The maximum atomic E-state index is 10.5. The molecule has 0 bridgehead atoms. The molecule has 1 heterocycles. The molecule has 19 heavy (non-hydrogen) atoms. The van der Waals surface area contributed by atoms with Gasteiger partial charge in [-0.3, -0.25) is 10.1 Å². The van der Waals surface area contributed by atoms with Crippen LogP contribution in [0.1, 0.15) is 31.5 Å². The Hall–Kier alpha value is -2.44. The van der Waals surface area contributed by atoms with Crippen molar-refractivity contribution >= 4 is 5.69 Å². The zero-order valence-corrected chi connectivity index (χ0v) is 10.6. The summed E-state index contributed by atoms with van der Waals surface area (Å²) >= 11 is 0. The van der Waals surface area contributed by atoms with Crippen LogP contribution in [0.3, 0.4) is 0 Å². The van der Waals surface area contributed by atoms with E-state index in [4.69, 9.17) is 9.15 Å². The molecule has 7 nitrogen and oxygen atoms in total. The second kappa shape index (κ2) is 5.47. The Morgan fingerprint density at radius 2 is 2.00 bits per heavy atom. The summed E-state index contributed by atoms with van der Waals surface area (Å²) in [6.45, 7) is 4.04. The van der Waals surface area contributed by atoms with Crippen LogP contribution in [0.25, 0.3) is 0 Å². The highest BCUT2D eigenvalue weighted by Gasteiger charge is 2.10. The highest BCUT2D eigenvalue weighted by Crippen LogP contribution is 2.19. The number of rotatable bonds is 5. The molecule has 1 aromatic carbocycles. The monoisotopic (exact) mass is 263 g/mol. The number of nitro groups is 1. The van der Waals surface area contributed by atoms with E-state index in [1.165, 1.54) is 24.3 Å². The van der Waals surface area contributed by atoms with E-state index in [1.54, 1.807) is 0 Å². The summed E-state index contributed by atoms with van der Waals surface area (Å²) in [7, 11) is 0. The van der Waals surface area contributed by atoms with Crippen LogP contribution in [0.4, 0.5) is 5.69 Å². The van der Waals surface area contributed by atoms with E-state index < -0.39 is 4.92 Å². The number of benzene rings is 1. The third-order valence-corrected chi connectivity index (χ3v) is 2.39. The number of hydrogen-bond acceptors (Lipinski definition) is 6. The number of non-ortho nitro benzene ring substituents is 1. The molecule has 0 aliphatic rings. The van der Waals surface area contributed by atoms with Crippen molar-refractivity contribution in [3.8, 4) is 5.75 Å². The zero-order chi connectivity index (χ0) is 13.8. The first kappa shape index (κ1) is 13.0. The van der Waals surface area contributed by atoms with E-state index in [0.29, 0.717) is 17.5 Å². The molecule has 0 fully saturated rings. The Labute approximate surface area is 109 Å². The Kier molecular flexibility index (Phi) is 3.74. The second-order valence-electron chi connectivity index (χ2n) is 4.23. The molecule has 0 saturated carbocycles. The van der Waals surface area contributed by atoms with Gasteiger partial charge in [-0.05, 0) is 12.1 Å². The molecule has 0 spiro atoms. The molecule has 0 atom stereocenters. The predicted octanol–water partition coefficient (Wildman–Crippen LogP) is 2.68. The Balaban J connectivity index is 1.96. The average molecular weight is 263 g/mol. The van der Waals surface area contributed by atoms with Gasteiger partial charge in [-0.2, -0.15) is 0 Å². The van der Waals surface area contributed by atoms with Crippen molar-refractivity contribution in [2.75, 3.05) is 0 Å². The van der Waals surface area contributed by atoms with E-state index in [9.17, 15) is 10.1 Å². The summed E-state index contributed by atoms with van der Waals surface area (Å²) in [4.78, 5) is 10.0. The fourth-order valence-corrected chi connectivity index (χ4v) is 1.37. The van der Waals surface area contributed by atoms with Crippen LogP contribution in [-0.4, -0.2) is 15.1 Å². The molecule has 7 heteroatoms. The van der Waals surface area contributed by atoms with Gasteiger partial charge in [-0.15, -0.1) is 10.2 Å². The lowest BCUT2D eigenvalue weighted by molar-refractivity contribution is -0.384. The lowest BCUT2D eigenvalue weighted by Crippen LogP contribution is -1.96. The standard InChI is InChI=1S/C12H13N3O4/c1-8(2)12-14-13-11(19-12)7-18-10-5-3-9(4-6-10)15(16)17/h3-6,8H,7H2,1-2H3.